The first-order valence-electron chi connectivity index (χ1n) is 7.72. The van der Waals surface area contributed by atoms with E-state index in [-0.39, 0.29) is 12.6 Å². The number of hydrogen-bond acceptors (Lipinski definition) is 5. The van der Waals surface area contributed by atoms with Gasteiger partial charge in [-0.15, -0.1) is 11.3 Å². The van der Waals surface area contributed by atoms with Crippen LogP contribution < -0.4 is 5.73 Å². The lowest BCUT2D eigenvalue weighted by atomic mass is 10.1. The molecular formula is C18H18N2O3S. The van der Waals surface area contributed by atoms with Crippen LogP contribution in [-0.4, -0.2) is 16.9 Å². The number of benzene rings is 1. The maximum atomic E-state index is 11.8. The molecule has 6 heteroatoms. The highest BCUT2D eigenvalue weighted by atomic mass is 32.1. The molecule has 124 valence electrons. The fourth-order valence-electron chi connectivity index (χ4n) is 2.31. The van der Waals surface area contributed by atoms with Crippen molar-refractivity contribution in [2.24, 2.45) is 11.7 Å². The number of nitrogens with zero attached hydrogens (tertiary/aromatic N) is 1. The van der Waals surface area contributed by atoms with Crippen LogP contribution in [0, 0.1) is 5.92 Å². The van der Waals surface area contributed by atoms with Crippen LogP contribution in [-0.2, 0) is 16.1 Å². The van der Waals surface area contributed by atoms with Crippen LogP contribution in [0.1, 0.15) is 35.8 Å². The van der Waals surface area contributed by atoms with E-state index in [1.54, 1.807) is 30.3 Å². The van der Waals surface area contributed by atoms with E-state index in [0.29, 0.717) is 17.2 Å². The van der Waals surface area contributed by atoms with Crippen LogP contribution >= 0.6 is 11.3 Å². The summed E-state index contributed by atoms with van der Waals surface area (Å²) in [5.74, 6) is -0.214. The second-order valence-electron chi connectivity index (χ2n) is 5.86. The zero-order chi connectivity index (χ0) is 17.1. The summed E-state index contributed by atoms with van der Waals surface area (Å²) >= 11 is 1.46. The molecule has 1 aromatic carbocycles. The fourth-order valence-corrected chi connectivity index (χ4v) is 3.12. The average molecular weight is 342 g/mol. The van der Waals surface area contributed by atoms with Gasteiger partial charge in [-0.2, -0.15) is 0 Å². The maximum absolute atomic E-state index is 11.8. The van der Waals surface area contributed by atoms with Gasteiger partial charge in [-0.05, 0) is 37.8 Å². The summed E-state index contributed by atoms with van der Waals surface area (Å²) in [6, 6.07) is 6.95. The Hall–Kier alpha value is -2.47. The third-order valence-corrected chi connectivity index (χ3v) is 4.84. The smallest absolute Gasteiger partial charge is 0.331 e. The predicted molar refractivity (Wildman–Crippen MR) is 92.3 cm³/mol. The summed E-state index contributed by atoms with van der Waals surface area (Å²) in [6.07, 6.45) is 3.91. The first-order chi connectivity index (χ1) is 11.5. The first kappa shape index (κ1) is 16.4. The van der Waals surface area contributed by atoms with Crippen LogP contribution in [0.5, 0.6) is 0 Å². The molecule has 1 saturated carbocycles. The zero-order valence-corrected chi connectivity index (χ0v) is 14.1. The van der Waals surface area contributed by atoms with Crippen molar-refractivity contribution in [3.05, 3.63) is 52.6 Å². The molecule has 0 spiro atoms. The molecule has 1 aromatic heterocycles. The Balaban J connectivity index is 1.60. The van der Waals surface area contributed by atoms with Crippen molar-refractivity contribution < 1.29 is 14.3 Å². The molecule has 0 bridgehead atoms. The monoisotopic (exact) mass is 342 g/mol. The third-order valence-electron chi connectivity index (χ3n) is 3.90. The lowest BCUT2D eigenvalue weighted by Crippen LogP contribution is -2.10. The molecular weight excluding hydrogens is 324 g/mol. The molecule has 0 radical (unpaired) electrons. The Morgan fingerprint density at radius 2 is 2.04 bits per heavy atom. The van der Waals surface area contributed by atoms with Gasteiger partial charge < -0.3 is 10.5 Å². The Kier molecular flexibility index (Phi) is 4.76. The molecule has 0 unspecified atom stereocenters. The molecule has 0 saturated heterocycles. The molecule has 1 fully saturated rings. The second kappa shape index (κ2) is 6.97. The van der Waals surface area contributed by atoms with Crippen LogP contribution in [0.2, 0.25) is 0 Å². The van der Waals surface area contributed by atoms with Crippen molar-refractivity contribution >= 4 is 23.2 Å². The highest BCUT2D eigenvalue weighted by Crippen LogP contribution is 2.35. The Bertz CT molecular complexity index is 789. The fraction of sp³-hybridized carbons (Fsp3) is 0.278. The lowest BCUT2D eigenvalue weighted by Gasteiger charge is -2.01. The standard InChI is InChI=1S/C18H18N2O3S/c1-11(12-2-3-12)8-16(21)23-9-15-10-24-18(20-15)14-6-4-13(5-7-14)17(19)22/h4-8,10,12H,2-3,9H2,1H3,(H2,19,22). The topological polar surface area (TPSA) is 82.3 Å². The van der Waals surface area contributed by atoms with E-state index >= 15 is 0 Å². The number of amides is 1. The van der Waals surface area contributed by atoms with Crippen molar-refractivity contribution in [3.63, 3.8) is 0 Å². The molecule has 2 aromatic rings. The van der Waals surface area contributed by atoms with E-state index in [4.69, 9.17) is 10.5 Å². The summed E-state index contributed by atoms with van der Waals surface area (Å²) in [4.78, 5) is 27.3. The summed E-state index contributed by atoms with van der Waals surface area (Å²) < 4.78 is 5.24. The summed E-state index contributed by atoms with van der Waals surface area (Å²) in [6.45, 7) is 2.12. The second-order valence-corrected chi connectivity index (χ2v) is 6.71. The van der Waals surface area contributed by atoms with E-state index in [0.717, 1.165) is 16.1 Å². The lowest BCUT2D eigenvalue weighted by molar-refractivity contribution is -0.139. The zero-order valence-electron chi connectivity index (χ0n) is 13.3. The van der Waals surface area contributed by atoms with Crippen LogP contribution in [0.15, 0.2) is 41.3 Å². The van der Waals surface area contributed by atoms with Crippen molar-refractivity contribution in [2.75, 3.05) is 0 Å². The minimum absolute atomic E-state index is 0.156. The number of carbonyl (C=O) groups is 2. The number of hydrogen-bond donors (Lipinski definition) is 1. The van der Waals surface area contributed by atoms with Crippen LogP contribution in [0.25, 0.3) is 10.6 Å². The van der Waals surface area contributed by atoms with Gasteiger partial charge in [-0.3, -0.25) is 4.79 Å². The first-order valence-corrected chi connectivity index (χ1v) is 8.60. The molecule has 0 atom stereocenters. The number of allylic oxidation sites excluding steroid dienone is 1. The highest BCUT2D eigenvalue weighted by Gasteiger charge is 2.23. The molecule has 3 rings (SSSR count). The minimum atomic E-state index is -0.456. The normalized spacial score (nSPS) is 14.5. The number of carbonyl (C=O) groups excluding carboxylic acids is 2. The average Bonchev–Trinajstić information content (AvgIpc) is 3.32. The van der Waals surface area contributed by atoms with Crippen molar-refractivity contribution in [1.82, 2.24) is 4.98 Å². The molecule has 24 heavy (non-hydrogen) atoms. The minimum Gasteiger partial charge on any atom is -0.456 e. The molecule has 1 aliphatic rings. The van der Waals surface area contributed by atoms with E-state index in [1.807, 2.05) is 12.3 Å². The molecule has 1 amide bonds. The SMILES string of the molecule is CC(=CC(=O)OCc1csc(-c2ccc(C(N)=O)cc2)n1)C1CC1. The third kappa shape index (κ3) is 4.08. The van der Waals surface area contributed by atoms with E-state index in [9.17, 15) is 9.59 Å². The van der Waals surface area contributed by atoms with Crippen LogP contribution in [0.4, 0.5) is 0 Å². The van der Waals surface area contributed by atoms with Gasteiger partial charge >= 0.3 is 5.97 Å². The number of esters is 1. The van der Waals surface area contributed by atoms with Gasteiger partial charge in [-0.1, -0.05) is 17.7 Å². The Morgan fingerprint density at radius 1 is 1.33 bits per heavy atom. The summed E-state index contributed by atoms with van der Waals surface area (Å²) in [5.41, 5.74) is 8.38. The number of nitrogens with two attached hydrogens (primary N) is 1. The van der Waals surface area contributed by atoms with E-state index in [1.165, 1.54) is 24.2 Å². The van der Waals surface area contributed by atoms with Gasteiger partial charge in [0.2, 0.25) is 5.91 Å². The predicted octanol–water partition coefficient (Wildman–Crippen LogP) is 3.31. The number of ether oxygens (including phenoxy) is 1. The number of thiazole rings is 1. The van der Waals surface area contributed by atoms with E-state index < -0.39 is 5.91 Å². The van der Waals surface area contributed by atoms with Gasteiger partial charge in [0.05, 0.1) is 5.69 Å². The largest absolute Gasteiger partial charge is 0.456 e. The van der Waals surface area contributed by atoms with Crippen molar-refractivity contribution in [3.8, 4) is 10.6 Å². The Labute approximate surface area is 144 Å². The van der Waals surface area contributed by atoms with E-state index in [2.05, 4.69) is 4.98 Å². The molecule has 1 heterocycles. The maximum Gasteiger partial charge on any atom is 0.331 e. The number of rotatable bonds is 6. The van der Waals surface area contributed by atoms with Crippen molar-refractivity contribution in [2.45, 2.75) is 26.4 Å². The van der Waals surface area contributed by atoms with Gasteiger partial charge in [0.15, 0.2) is 0 Å². The van der Waals surface area contributed by atoms with Crippen molar-refractivity contribution in [1.29, 1.82) is 0 Å². The van der Waals surface area contributed by atoms with Gasteiger partial charge in [0.1, 0.15) is 11.6 Å². The molecule has 0 aliphatic heterocycles. The number of primary amides is 1. The summed E-state index contributed by atoms with van der Waals surface area (Å²) in [5, 5.41) is 2.67. The van der Waals surface area contributed by atoms with Gasteiger partial charge in [0, 0.05) is 22.6 Å². The summed E-state index contributed by atoms with van der Waals surface area (Å²) in [7, 11) is 0. The molecule has 2 N–H and O–H groups in total. The van der Waals surface area contributed by atoms with Gasteiger partial charge in [-0.25, -0.2) is 9.78 Å². The molecule has 5 nitrogen and oxygen atoms in total. The van der Waals surface area contributed by atoms with Gasteiger partial charge in [0.25, 0.3) is 0 Å². The highest BCUT2D eigenvalue weighted by molar-refractivity contribution is 7.13. The Morgan fingerprint density at radius 3 is 2.67 bits per heavy atom. The molecule has 1 aliphatic carbocycles. The van der Waals surface area contributed by atoms with Crippen LogP contribution in [0.3, 0.4) is 0 Å². The quantitative estimate of drug-likeness (QED) is 0.645. The number of aromatic nitrogens is 1.